The maximum absolute atomic E-state index is 12.9. The van der Waals surface area contributed by atoms with E-state index in [9.17, 15) is 19.5 Å². The molecule has 0 aliphatic rings. The Morgan fingerprint density at radius 3 is 0.964 bits per heavy atom. The molecule has 0 spiro atoms. The highest BCUT2D eigenvalue weighted by Gasteiger charge is 2.22. The lowest BCUT2D eigenvalue weighted by atomic mass is 10.0. The molecule has 0 aromatic rings. The van der Waals surface area contributed by atoms with Crippen LogP contribution in [0.4, 0.5) is 0 Å². The molecule has 484 valence electrons. The molecule has 9 nitrogen and oxygen atoms in total. The number of unbranched alkanes of at least 4 members (excludes halogenated alkanes) is 41. The summed E-state index contributed by atoms with van der Waals surface area (Å²) < 4.78 is 22.8. The number of nitrogens with zero attached hydrogens (tertiary/aromatic N) is 1. The van der Waals surface area contributed by atoms with Crippen molar-refractivity contribution in [2.75, 3.05) is 47.5 Å². The standard InChI is InChI=1S/C74H135NO8/c1-6-8-10-12-14-16-18-20-22-24-26-28-30-32-34-35-36-37-39-40-42-44-46-48-50-52-54-56-58-60-62-64-71(76)81-68-70(69-82-74(73(78)79)80-67-66-75(3,4)5)83-72(77)65-63-61-59-57-55-53-51-49-47-45-43-41-38-33-31-29-27-25-23-21-19-17-15-13-11-9-7-2/h18-21,24-27,31,33,70,74H,6-17,22-23,28-30,32,34-69H2,1-5H3/b20-18-,21-19-,26-24-,27-25-,33-31-. The second kappa shape index (κ2) is 65.0. The Labute approximate surface area is 514 Å². The number of allylic oxidation sites excluding steroid dienone is 10. The molecular weight excluding hydrogens is 1030 g/mol. The van der Waals surface area contributed by atoms with Gasteiger partial charge in [0.1, 0.15) is 13.2 Å². The van der Waals surface area contributed by atoms with E-state index in [1.165, 1.54) is 244 Å². The Bertz CT molecular complexity index is 1550. The highest BCUT2D eigenvalue weighted by atomic mass is 16.7. The second-order valence-corrected chi connectivity index (χ2v) is 25.2. The van der Waals surface area contributed by atoms with Gasteiger partial charge in [-0.1, -0.05) is 299 Å². The van der Waals surface area contributed by atoms with E-state index >= 15 is 0 Å². The molecule has 0 aliphatic carbocycles. The van der Waals surface area contributed by atoms with E-state index in [0.29, 0.717) is 23.9 Å². The van der Waals surface area contributed by atoms with Gasteiger partial charge in [-0.25, -0.2) is 0 Å². The third kappa shape index (κ3) is 66.4. The number of carboxylic acid groups (broad SMARTS) is 1. The summed E-state index contributed by atoms with van der Waals surface area (Å²) >= 11 is 0. The van der Waals surface area contributed by atoms with Crippen LogP contribution in [0.3, 0.4) is 0 Å². The number of hydrogen-bond acceptors (Lipinski definition) is 8. The van der Waals surface area contributed by atoms with E-state index in [0.717, 1.165) is 57.8 Å². The van der Waals surface area contributed by atoms with Crippen molar-refractivity contribution in [1.29, 1.82) is 0 Å². The monoisotopic (exact) mass is 1170 g/mol. The van der Waals surface area contributed by atoms with Gasteiger partial charge in [0.2, 0.25) is 0 Å². The summed E-state index contributed by atoms with van der Waals surface area (Å²) in [6, 6.07) is 0. The van der Waals surface area contributed by atoms with Crippen LogP contribution >= 0.6 is 0 Å². The third-order valence-corrected chi connectivity index (χ3v) is 15.7. The zero-order valence-electron chi connectivity index (χ0n) is 55.3. The van der Waals surface area contributed by atoms with Gasteiger partial charge in [0.05, 0.1) is 40.3 Å². The first-order chi connectivity index (χ1) is 40.6. The molecular formula is C74H135NO8. The van der Waals surface area contributed by atoms with Crippen LogP contribution in [0.1, 0.15) is 335 Å². The lowest BCUT2D eigenvalue weighted by Gasteiger charge is -2.26. The molecule has 0 bridgehead atoms. The molecule has 2 unspecified atom stereocenters. The van der Waals surface area contributed by atoms with Gasteiger partial charge in [-0.3, -0.25) is 9.59 Å². The van der Waals surface area contributed by atoms with Crippen molar-refractivity contribution in [3.8, 4) is 0 Å². The summed E-state index contributed by atoms with van der Waals surface area (Å²) in [7, 11) is 5.94. The number of likely N-dealkylation sites (N-methyl/N-ethyl adjacent to an activating group) is 1. The molecule has 83 heavy (non-hydrogen) atoms. The normalized spacial score (nSPS) is 13.0. The first kappa shape index (κ1) is 80.0. The van der Waals surface area contributed by atoms with Crippen molar-refractivity contribution in [2.45, 2.75) is 347 Å². The molecule has 0 aromatic heterocycles. The Morgan fingerprint density at radius 2 is 0.651 bits per heavy atom. The topological polar surface area (TPSA) is 111 Å². The summed E-state index contributed by atoms with van der Waals surface area (Å²) in [6.45, 7) is 4.77. The van der Waals surface area contributed by atoms with Crippen LogP contribution in [0.25, 0.3) is 0 Å². The first-order valence-corrected chi connectivity index (χ1v) is 35.4. The Kier molecular flexibility index (Phi) is 62.6. The maximum atomic E-state index is 12.9. The van der Waals surface area contributed by atoms with Gasteiger partial charge in [0, 0.05) is 12.8 Å². The van der Waals surface area contributed by atoms with Crippen molar-refractivity contribution in [3.63, 3.8) is 0 Å². The van der Waals surface area contributed by atoms with E-state index < -0.39 is 24.3 Å². The minimum atomic E-state index is -1.62. The van der Waals surface area contributed by atoms with E-state index in [4.69, 9.17) is 18.9 Å². The van der Waals surface area contributed by atoms with Crippen molar-refractivity contribution in [1.82, 2.24) is 0 Å². The van der Waals surface area contributed by atoms with Gasteiger partial charge in [-0.2, -0.15) is 0 Å². The molecule has 0 aromatic carbocycles. The van der Waals surface area contributed by atoms with Gasteiger partial charge in [0.15, 0.2) is 12.4 Å². The fourth-order valence-corrected chi connectivity index (χ4v) is 10.3. The highest BCUT2D eigenvalue weighted by Crippen LogP contribution is 2.18. The molecule has 2 atom stereocenters. The summed E-state index contributed by atoms with van der Waals surface area (Å²) in [4.78, 5) is 37.5. The highest BCUT2D eigenvalue weighted by molar-refractivity contribution is 5.70. The molecule has 0 radical (unpaired) electrons. The number of aliphatic carboxylic acids is 1. The third-order valence-electron chi connectivity index (χ3n) is 15.7. The molecule has 0 N–H and O–H groups in total. The van der Waals surface area contributed by atoms with Gasteiger partial charge >= 0.3 is 11.9 Å². The van der Waals surface area contributed by atoms with E-state index in [1.54, 1.807) is 0 Å². The molecule has 0 saturated heterocycles. The van der Waals surface area contributed by atoms with Crippen molar-refractivity contribution in [3.05, 3.63) is 60.8 Å². The van der Waals surface area contributed by atoms with Crippen LogP contribution in [0, 0.1) is 0 Å². The van der Waals surface area contributed by atoms with Crippen LogP contribution in [-0.2, 0) is 33.3 Å². The molecule has 0 fully saturated rings. The van der Waals surface area contributed by atoms with Crippen molar-refractivity contribution < 1.29 is 42.9 Å². The number of carbonyl (C=O) groups is 3. The Balaban J connectivity index is 4.09. The van der Waals surface area contributed by atoms with Gasteiger partial charge in [-0.05, 0) is 83.5 Å². The Hall–Kier alpha value is -3.01. The number of hydrogen-bond donors (Lipinski definition) is 0. The lowest BCUT2D eigenvalue weighted by Crippen LogP contribution is -2.44. The lowest BCUT2D eigenvalue weighted by molar-refractivity contribution is -0.870. The predicted octanol–water partition coefficient (Wildman–Crippen LogP) is 20.6. The Morgan fingerprint density at radius 1 is 0.361 bits per heavy atom. The van der Waals surface area contributed by atoms with Crippen molar-refractivity contribution in [2.24, 2.45) is 0 Å². The fourth-order valence-electron chi connectivity index (χ4n) is 10.3. The van der Waals surface area contributed by atoms with Gasteiger partial charge < -0.3 is 33.3 Å². The van der Waals surface area contributed by atoms with E-state index in [1.807, 2.05) is 21.1 Å². The summed E-state index contributed by atoms with van der Waals surface area (Å²) in [5, 5.41) is 11.8. The van der Waals surface area contributed by atoms with Crippen LogP contribution in [0.5, 0.6) is 0 Å². The molecule has 0 rings (SSSR count). The SMILES string of the molecule is CCCCCCC/C=C\C/C=C\C/C=C\CCCCCCCCCCCCCCC(=O)OC(COC(=O)CCCCCCCCCCCCCCCCCCCCC/C=C\C/C=C\CCCCCCC)COC(OCC[N+](C)(C)C)C(=O)[O-]. The summed E-state index contributed by atoms with van der Waals surface area (Å²) in [6.07, 6.45) is 81.6. The largest absolute Gasteiger partial charge is 0.545 e. The fraction of sp³-hybridized carbons (Fsp3) is 0.824. The van der Waals surface area contributed by atoms with Crippen LogP contribution in [0.15, 0.2) is 60.8 Å². The number of carboxylic acids is 1. The summed E-state index contributed by atoms with van der Waals surface area (Å²) in [5.41, 5.74) is 0. The quantitative estimate of drug-likeness (QED) is 0.0195. The minimum absolute atomic E-state index is 0.147. The number of rotatable bonds is 66. The van der Waals surface area contributed by atoms with E-state index in [2.05, 4.69) is 74.6 Å². The van der Waals surface area contributed by atoms with Crippen LogP contribution in [-0.4, -0.2) is 82.3 Å². The van der Waals surface area contributed by atoms with Crippen molar-refractivity contribution >= 4 is 17.9 Å². The van der Waals surface area contributed by atoms with Gasteiger partial charge in [0.25, 0.3) is 0 Å². The summed E-state index contributed by atoms with van der Waals surface area (Å²) in [5.74, 6) is -2.27. The van der Waals surface area contributed by atoms with Crippen LogP contribution in [0.2, 0.25) is 0 Å². The minimum Gasteiger partial charge on any atom is -0.545 e. The smallest absolute Gasteiger partial charge is 0.306 e. The zero-order chi connectivity index (χ0) is 60.5. The second-order valence-electron chi connectivity index (χ2n) is 25.2. The van der Waals surface area contributed by atoms with Crippen LogP contribution < -0.4 is 5.11 Å². The number of ether oxygens (including phenoxy) is 4. The molecule has 0 heterocycles. The van der Waals surface area contributed by atoms with E-state index in [-0.39, 0.29) is 32.2 Å². The average Bonchev–Trinajstić information content (AvgIpc) is 3.46. The maximum Gasteiger partial charge on any atom is 0.306 e. The zero-order valence-corrected chi connectivity index (χ0v) is 55.3. The molecule has 0 saturated carbocycles. The predicted molar refractivity (Wildman–Crippen MR) is 352 cm³/mol. The first-order valence-electron chi connectivity index (χ1n) is 35.4. The average molecular weight is 1170 g/mol. The molecule has 0 amide bonds. The number of esters is 2. The molecule has 0 aliphatic heterocycles. The molecule has 9 heteroatoms. The number of quaternary nitrogens is 1. The number of carbonyl (C=O) groups excluding carboxylic acids is 3. The van der Waals surface area contributed by atoms with Gasteiger partial charge in [-0.15, -0.1) is 0 Å².